The van der Waals surface area contributed by atoms with E-state index in [4.69, 9.17) is 14.2 Å². The third-order valence-electron chi connectivity index (χ3n) is 4.83. The standard InChI is InChI=1S/C26H34O5/c1-25(2,3)21-13-9-7-11-19(21)23(27)30-17-15-29-16-18-31-24(28)20-12-8-10-14-22(20)26(4,5)6/h7-14H,15-18H2,1-6H3. The zero-order valence-electron chi connectivity index (χ0n) is 19.5. The van der Waals surface area contributed by atoms with Crippen molar-refractivity contribution < 1.29 is 23.8 Å². The maximum atomic E-state index is 12.4. The highest BCUT2D eigenvalue weighted by Crippen LogP contribution is 2.27. The van der Waals surface area contributed by atoms with Crippen molar-refractivity contribution in [2.45, 2.75) is 52.4 Å². The van der Waals surface area contributed by atoms with Crippen LogP contribution in [0.25, 0.3) is 0 Å². The third-order valence-corrected chi connectivity index (χ3v) is 4.83. The third kappa shape index (κ3) is 7.21. The minimum atomic E-state index is -0.362. The van der Waals surface area contributed by atoms with E-state index in [2.05, 4.69) is 41.5 Å². The van der Waals surface area contributed by atoms with Gasteiger partial charge in [0, 0.05) is 0 Å². The summed E-state index contributed by atoms with van der Waals surface area (Å²) in [7, 11) is 0. The number of carbonyl (C=O) groups is 2. The van der Waals surface area contributed by atoms with E-state index in [0.717, 1.165) is 11.1 Å². The summed E-state index contributed by atoms with van der Waals surface area (Å²) in [6.45, 7) is 13.1. The Bertz CT molecular complexity index is 814. The van der Waals surface area contributed by atoms with Gasteiger partial charge < -0.3 is 14.2 Å². The number of carbonyl (C=O) groups excluding carboxylic acids is 2. The van der Waals surface area contributed by atoms with Crippen molar-refractivity contribution in [3.05, 3.63) is 70.8 Å². The number of esters is 2. The van der Waals surface area contributed by atoms with Gasteiger partial charge in [0.05, 0.1) is 24.3 Å². The lowest BCUT2D eigenvalue weighted by Gasteiger charge is -2.22. The quantitative estimate of drug-likeness (QED) is 0.423. The SMILES string of the molecule is CC(C)(C)c1ccccc1C(=O)OCCOCCOC(=O)c1ccccc1C(C)(C)C. The van der Waals surface area contributed by atoms with Crippen LogP contribution in [0.4, 0.5) is 0 Å². The Hall–Kier alpha value is -2.66. The molecule has 0 heterocycles. The summed E-state index contributed by atoms with van der Waals surface area (Å²) in [6.07, 6.45) is 0. The largest absolute Gasteiger partial charge is 0.460 e. The van der Waals surface area contributed by atoms with Crippen LogP contribution in [0.5, 0.6) is 0 Å². The van der Waals surface area contributed by atoms with Gasteiger partial charge in [0.1, 0.15) is 13.2 Å². The molecule has 5 heteroatoms. The number of hydrogen-bond acceptors (Lipinski definition) is 5. The summed E-state index contributed by atoms with van der Waals surface area (Å²) in [5.41, 5.74) is 2.73. The molecular formula is C26H34O5. The molecular weight excluding hydrogens is 392 g/mol. The van der Waals surface area contributed by atoms with E-state index in [-0.39, 0.29) is 49.2 Å². The van der Waals surface area contributed by atoms with E-state index in [1.165, 1.54) is 0 Å². The molecule has 2 aromatic carbocycles. The molecule has 0 N–H and O–H groups in total. The van der Waals surface area contributed by atoms with Crippen LogP contribution in [0.1, 0.15) is 73.4 Å². The molecule has 0 amide bonds. The minimum absolute atomic E-state index is 0.137. The molecule has 168 valence electrons. The topological polar surface area (TPSA) is 61.8 Å². The lowest BCUT2D eigenvalue weighted by molar-refractivity contribution is 0.0149. The molecule has 0 radical (unpaired) electrons. The summed E-state index contributed by atoms with van der Waals surface area (Å²) >= 11 is 0. The molecule has 0 aliphatic carbocycles. The molecule has 2 aromatic rings. The molecule has 0 atom stereocenters. The molecule has 0 aliphatic rings. The Balaban J connectivity index is 1.73. The van der Waals surface area contributed by atoms with Crippen LogP contribution in [-0.4, -0.2) is 38.4 Å². The van der Waals surface area contributed by atoms with Crippen molar-refractivity contribution in [2.24, 2.45) is 0 Å². The van der Waals surface area contributed by atoms with Crippen molar-refractivity contribution in [1.29, 1.82) is 0 Å². The zero-order chi connectivity index (χ0) is 23.1. The molecule has 2 rings (SSSR count). The second-order valence-corrected chi connectivity index (χ2v) is 9.48. The molecule has 5 nitrogen and oxygen atoms in total. The summed E-state index contributed by atoms with van der Waals surface area (Å²) in [5, 5.41) is 0. The Kier molecular flexibility index (Phi) is 8.40. The summed E-state index contributed by atoms with van der Waals surface area (Å²) in [6, 6.07) is 14.9. The first-order valence-electron chi connectivity index (χ1n) is 10.6. The van der Waals surface area contributed by atoms with Crippen LogP contribution in [0, 0.1) is 0 Å². The van der Waals surface area contributed by atoms with E-state index >= 15 is 0 Å². The van der Waals surface area contributed by atoms with Crippen molar-refractivity contribution in [2.75, 3.05) is 26.4 Å². The first kappa shape index (κ1) is 24.6. The average molecular weight is 427 g/mol. The fourth-order valence-electron chi connectivity index (χ4n) is 3.27. The Labute approximate surface area is 185 Å². The highest BCUT2D eigenvalue weighted by molar-refractivity contribution is 5.92. The number of ether oxygens (including phenoxy) is 3. The molecule has 0 unspecified atom stereocenters. The molecule has 0 spiro atoms. The Morgan fingerprint density at radius 1 is 0.613 bits per heavy atom. The zero-order valence-corrected chi connectivity index (χ0v) is 19.5. The lowest BCUT2D eigenvalue weighted by Crippen LogP contribution is -2.20. The molecule has 0 aliphatic heterocycles. The average Bonchev–Trinajstić information content (AvgIpc) is 2.71. The number of hydrogen-bond donors (Lipinski definition) is 0. The summed E-state index contributed by atoms with van der Waals surface area (Å²) < 4.78 is 16.1. The van der Waals surface area contributed by atoms with E-state index < -0.39 is 0 Å². The minimum Gasteiger partial charge on any atom is -0.460 e. The Morgan fingerprint density at radius 3 is 1.32 bits per heavy atom. The molecule has 0 fully saturated rings. The van der Waals surface area contributed by atoms with Gasteiger partial charge in [-0.2, -0.15) is 0 Å². The van der Waals surface area contributed by atoms with E-state index in [9.17, 15) is 9.59 Å². The second-order valence-electron chi connectivity index (χ2n) is 9.48. The predicted molar refractivity (Wildman–Crippen MR) is 122 cm³/mol. The van der Waals surface area contributed by atoms with Gasteiger partial charge in [0.25, 0.3) is 0 Å². The van der Waals surface area contributed by atoms with Gasteiger partial charge in [-0.05, 0) is 34.1 Å². The van der Waals surface area contributed by atoms with Gasteiger partial charge in [0.2, 0.25) is 0 Å². The van der Waals surface area contributed by atoms with Crippen molar-refractivity contribution in [1.82, 2.24) is 0 Å². The maximum absolute atomic E-state index is 12.4. The van der Waals surface area contributed by atoms with E-state index in [1.54, 1.807) is 12.1 Å². The fourth-order valence-corrected chi connectivity index (χ4v) is 3.27. The highest BCUT2D eigenvalue weighted by atomic mass is 16.6. The number of rotatable bonds is 8. The van der Waals surface area contributed by atoms with Crippen molar-refractivity contribution in [3.63, 3.8) is 0 Å². The predicted octanol–water partition coefficient (Wildman–Crippen LogP) is 5.31. The second kappa shape index (κ2) is 10.6. The van der Waals surface area contributed by atoms with Gasteiger partial charge in [-0.25, -0.2) is 9.59 Å². The van der Waals surface area contributed by atoms with Crippen LogP contribution in [0.3, 0.4) is 0 Å². The van der Waals surface area contributed by atoms with Crippen LogP contribution in [0.15, 0.2) is 48.5 Å². The van der Waals surface area contributed by atoms with E-state index in [1.807, 2.05) is 36.4 Å². The summed E-state index contributed by atoms with van der Waals surface area (Å²) in [4.78, 5) is 24.8. The van der Waals surface area contributed by atoms with Gasteiger partial charge in [-0.3, -0.25) is 0 Å². The number of benzene rings is 2. The van der Waals surface area contributed by atoms with Crippen LogP contribution < -0.4 is 0 Å². The van der Waals surface area contributed by atoms with Gasteiger partial charge in [-0.1, -0.05) is 77.9 Å². The first-order valence-corrected chi connectivity index (χ1v) is 10.6. The lowest BCUT2D eigenvalue weighted by atomic mass is 9.84. The monoisotopic (exact) mass is 426 g/mol. The Morgan fingerprint density at radius 2 is 0.968 bits per heavy atom. The first-order chi connectivity index (χ1) is 14.5. The van der Waals surface area contributed by atoms with E-state index in [0.29, 0.717) is 11.1 Å². The van der Waals surface area contributed by atoms with Crippen LogP contribution >= 0.6 is 0 Å². The molecule has 0 bridgehead atoms. The van der Waals surface area contributed by atoms with Crippen LogP contribution in [0.2, 0.25) is 0 Å². The highest BCUT2D eigenvalue weighted by Gasteiger charge is 2.23. The van der Waals surface area contributed by atoms with Crippen molar-refractivity contribution >= 4 is 11.9 Å². The normalized spacial score (nSPS) is 11.8. The molecule has 0 saturated carbocycles. The smallest absolute Gasteiger partial charge is 0.338 e. The van der Waals surface area contributed by atoms with Crippen LogP contribution in [-0.2, 0) is 25.0 Å². The molecule has 0 saturated heterocycles. The van der Waals surface area contributed by atoms with Gasteiger partial charge >= 0.3 is 11.9 Å². The maximum Gasteiger partial charge on any atom is 0.338 e. The van der Waals surface area contributed by atoms with Crippen molar-refractivity contribution in [3.8, 4) is 0 Å². The summed E-state index contributed by atoms with van der Waals surface area (Å²) in [5.74, 6) is -0.723. The van der Waals surface area contributed by atoms with Gasteiger partial charge in [0.15, 0.2) is 0 Å². The van der Waals surface area contributed by atoms with Gasteiger partial charge in [-0.15, -0.1) is 0 Å². The molecule has 0 aromatic heterocycles. The fraction of sp³-hybridized carbons (Fsp3) is 0.462. The molecule has 31 heavy (non-hydrogen) atoms.